The van der Waals surface area contributed by atoms with Gasteiger partial charge in [-0.3, -0.25) is 4.79 Å². The third-order valence-electron chi connectivity index (χ3n) is 4.80. The molecule has 0 radical (unpaired) electrons. The minimum atomic E-state index is 0.788. The average Bonchev–Trinajstić information content (AvgIpc) is 2.66. The smallest absolute Gasteiger partial charge is 0.146 e. The van der Waals surface area contributed by atoms with Gasteiger partial charge in [0.15, 0.2) is 0 Å². The molecule has 0 aliphatic carbocycles. The van der Waals surface area contributed by atoms with Crippen LogP contribution < -0.4 is 5.32 Å². The van der Waals surface area contributed by atoms with E-state index in [2.05, 4.69) is 67.7 Å². The zero-order valence-corrected chi connectivity index (χ0v) is 15.6. The fraction of sp³-hybridized carbons (Fsp3) is 0.261. The molecule has 2 heteroatoms. The first-order chi connectivity index (χ1) is 12.0. The Morgan fingerprint density at radius 1 is 0.840 bits per heavy atom. The number of hydrogen-bond acceptors (Lipinski definition) is 2. The van der Waals surface area contributed by atoms with E-state index in [4.69, 9.17) is 0 Å². The Kier molecular flexibility index (Phi) is 6.91. The lowest BCUT2D eigenvalue weighted by molar-refractivity contribution is -0.104. The summed E-state index contributed by atoms with van der Waals surface area (Å²) < 4.78 is 0. The summed E-state index contributed by atoms with van der Waals surface area (Å²) in [4.78, 5) is 11.1. The molecule has 0 unspecified atom stereocenters. The quantitative estimate of drug-likeness (QED) is 0.423. The lowest BCUT2D eigenvalue weighted by Gasteiger charge is -2.15. The summed E-state index contributed by atoms with van der Waals surface area (Å²) in [7, 11) is 0. The van der Waals surface area contributed by atoms with Gasteiger partial charge in [-0.2, -0.15) is 0 Å². The minimum absolute atomic E-state index is 0.788. The summed E-state index contributed by atoms with van der Waals surface area (Å²) in [6.07, 6.45) is 0.930. The molecule has 130 valence electrons. The monoisotopic (exact) mass is 333 g/mol. The van der Waals surface area contributed by atoms with Gasteiger partial charge in [0.05, 0.1) is 0 Å². The Labute approximate surface area is 151 Å². The van der Waals surface area contributed by atoms with Crippen LogP contribution in [0.15, 0.2) is 71.3 Å². The van der Waals surface area contributed by atoms with Crippen LogP contribution in [-0.2, 0) is 17.9 Å². The van der Waals surface area contributed by atoms with Crippen LogP contribution in [-0.4, -0.2) is 6.29 Å². The van der Waals surface area contributed by atoms with Gasteiger partial charge in [0.2, 0.25) is 0 Å². The Bertz CT molecular complexity index is 785. The highest BCUT2D eigenvalue weighted by atomic mass is 16.1. The van der Waals surface area contributed by atoms with Gasteiger partial charge in [-0.1, -0.05) is 54.6 Å². The number of nitrogens with one attached hydrogen (secondary N) is 1. The van der Waals surface area contributed by atoms with Crippen LogP contribution in [0, 0.1) is 0 Å². The van der Waals surface area contributed by atoms with Gasteiger partial charge in [-0.05, 0) is 66.7 Å². The molecule has 0 aliphatic heterocycles. The van der Waals surface area contributed by atoms with Crippen LogP contribution in [0.25, 0.3) is 5.57 Å². The molecule has 0 saturated heterocycles. The number of benzene rings is 2. The molecule has 0 atom stereocenters. The minimum Gasteiger partial charge on any atom is -0.309 e. The van der Waals surface area contributed by atoms with E-state index >= 15 is 0 Å². The topological polar surface area (TPSA) is 29.1 Å². The molecular weight excluding hydrogens is 306 g/mol. The normalized spacial score (nSPS) is 13.1. The first-order valence-corrected chi connectivity index (χ1v) is 8.68. The summed E-state index contributed by atoms with van der Waals surface area (Å²) in [6.45, 7) is 9.76. The molecule has 0 saturated carbocycles. The second kappa shape index (κ2) is 9.14. The van der Waals surface area contributed by atoms with Gasteiger partial charge in [0.1, 0.15) is 6.29 Å². The van der Waals surface area contributed by atoms with Crippen molar-refractivity contribution in [1.29, 1.82) is 0 Å². The van der Waals surface area contributed by atoms with E-state index in [1.807, 2.05) is 19.9 Å². The first-order valence-electron chi connectivity index (χ1n) is 8.68. The fourth-order valence-electron chi connectivity index (χ4n) is 2.85. The van der Waals surface area contributed by atoms with Crippen molar-refractivity contribution in [3.05, 3.63) is 88.0 Å². The van der Waals surface area contributed by atoms with E-state index in [-0.39, 0.29) is 0 Å². The summed E-state index contributed by atoms with van der Waals surface area (Å²) in [5, 5.41) is 3.52. The Hall–Kier alpha value is -2.45. The molecule has 0 aliphatic rings. The lowest BCUT2D eigenvalue weighted by Crippen LogP contribution is -2.13. The molecule has 25 heavy (non-hydrogen) atoms. The predicted octanol–water partition coefficient (Wildman–Crippen LogP) is 5.31. The standard InChI is InChI=1S/C23H27NO/c1-17(16-25)18(2)19(3)20(4)23-13-9-8-12-22(23)15-24-14-21-10-6-5-7-11-21/h5-13,16,24H,14-15H2,1-4H3/b18-17-,20-19+. The number of allylic oxidation sites excluding steroid dienone is 4. The summed E-state index contributed by atoms with van der Waals surface area (Å²) in [5.41, 5.74) is 8.02. The van der Waals surface area contributed by atoms with Crippen molar-refractivity contribution in [1.82, 2.24) is 5.32 Å². The van der Waals surface area contributed by atoms with Crippen molar-refractivity contribution in [3.8, 4) is 0 Å². The Morgan fingerprint density at radius 2 is 1.48 bits per heavy atom. The highest BCUT2D eigenvalue weighted by Crippen LogP contribution is 2.27. The van der Waals surface area contributed by atoms with Crippen LogP contribution in [0.1, 0.15) is 44.4 Å². The predicted molar refractivity (Wildman–Crippen MR) is 106 cm³/mol. The van der Waals surface area contributed by atoms with Gasteiger partial charge >= 0.3 is 0 Å². The highest BCUT2D eigenvalue weighted by molar-refractivity contribution is 5.79. The van der Waals surface area contributed by atoms with E-state index in [1.165, 1.54) is 27.8 Å². The number of carbonyl (C=O) groups excluding carboxylic acids is 1. The average molecular weight is 333 g/mol. The third-order valence-corrected chi connectivity index (χ3v) is 4.80. The zero-order chi connectivity index (χ0) is 18.2. The molecule has 2 aromatic rings. The first kappa shape index (κ1) is 18.9. The third kappa shape index (κ3) is 5.01. The van der Waals surface area contributed by atoms with Gasteiger partial charge in [0.25, 0.3) is 0 Å². The van der Waals surface area contributed by atoms with Gasteiger partial charge < -0.3 is 5.32 Å². The number of rotatable bonds is 7. The molecule has 0 bridgehead atoms. The van der Waals surface area contributed by atoms with E-state index in [1.54, 1.807) is 0 Å². The number of hydrogen-bond donors (Lipinski definition) is 1. The maximum Gasteiger partial charge on any atom is 0.146 e. The molecule has 2 aromatic carbocycles. The molecular formula is C23H27NO. The maximum absolute atomic E-state index is 11.1. The van der Waals surface area contributed by atoms with Crippen molar-refractivity contribution in [2.45, 2.75) is 40.8 Å². The van der Waals surface area contributed by atoms with Crippen LogP contribution in [0.2, 0.25) is 0 Å². The van der Waals surface area contributed by atoms with E-state index in [0.29, 0.717) is 0 Å². The van der Waals surface area contributed by atoms with Crippen molar-refractivity contribution < 1.29 is 4.79 Å². The van der Waals surface area contributed by atoms with Crippen molar-refractivity contribution in [2.24, 2.45) is 0 Å². The van der Waals surface area contributed by atoms with Gasteiger partial charge in [-0.15, -0.1) is 0 Å². The molecule has 0 heterocycles. The van der Waals surface area contributed by atoms with E-state index < -0.39 is 0 Å². The molecule has 0 amide bonds. The van der Waals surface area contributed by atoms with Crippen LogP contribution in [0.3, 0.4) is 0 Å². The number of carbonyl (C=O) groups is 1. The van der Waals surface area contributed by atoms with Crippen molar-refractivity contribution in [3.63, 3.8) is 0 Å². The van der Waals surface area contributed by atoms with E-state index in [0.717, 1.165) is 30.5 Å². The second-order valence-corrected chi connectivity index (χ2v) is 6.42. The fourth-order valence-corrected chi connectivity index (χ4v) is 2.85. The Balaban J connectivity index is 2.21. The highest BCUT2D eigenvalue weighted by Gasteiger charge is 2.09. The maximum atomic E-state index is 11.1. The summed E-state index contributed by atoms with van der Waals surface area (Å²) in [6, 6.07) is 18.9. The molecule has 0 aromatic heterocycles. The number of aldehydes is 1. The SMILES string of the molecule is C/C(C=O)=C(C)/C(C)=C(\C)c1ccccc1CNCc1ccccc1. The van der Waals surface area contributed by atoms with Gasteiger partial charge in [-0.25, -0.2) is 0 Å². The molecule has 0 fully saturated rings. The van der Waals surface area contributed by atoms with Crippen LogP contribution >= 0.6 is 0 Å². The zero-order valence-electron chi connectivity index (χ0n) is 15.6. The van der Waals surface area contributed by atoms with Crippen molar-refractivity contribution in [2.75, 3.05) is 0 Å². The largest absolute Gasteiger partial charge is 0.309 e. The molecule has 2 rings (SSSR count). The molecule has 2 nitrogen and oxygen atoms in total. The lowest BCUT2D eigenvalue weighted by atomic mass is 9.92. The Morgan fingerprint density at radius 3 is 2.16 bits per heavy atom. The molecule has 1 N–H and O–H groups in total. The van der Waals surface area contributed by atoms with Crippen molar-refractivity contribution >= 4 is 11.9 Å². The van der Waals surface area contributed by atoms with Crippen LogP contribution in [0.5, 0.6) is 0 Å². The summed E-state index contributed by atoms with van der Waals surface area (Å²) >= 11 is 0. The second-order valence-electron chi connectivity index (χ2n) is 6.42. The van der Waals surface area contributed by atoms with Gasteiger partial charge in [0, 0.05) is 13.1 Å². The molecule has 0 spiro atoms. The van der Waals surface area contributed by atoms with E-state index in [9.17, 15) is 4.79 Å². The summed E-state index contributed by atoms with van der Waals surface area (Å²) in [5.74, 6) is 0. The van der Waals surface area contributed by atoms with Crippen LogP contribution in [0.4, 0.5) is 0 Å².